The SMILES string of the molecule is CN[C@@]1(c2cccc(O)c2)CCCCC1=O. The number of rotatable bonds is 2. The quantitative estimate of drug-likeness (QED) is 0.799. The summed E-state index contributed by atoms with van der Waals surface area (Å²) in [5.74, 6) is 0.442. The summed E-state index contributed by atoms with van der Waals surface area (Å²) in [6.45, 7) is 0. The van der Waals surface area contributed by atoms with Crippen molar-refractivity contribution in [2.75, 3.05) is 7.05 Å². The van der Waals surface area contributed by atoms with Gasteiger partial charge < -0.3 is 10.4 Å². The molecule has 2 N–H and O–H groups in total. The number of carbonyl (C=O) groups excluding carboxylic acids is 1. The van der Waals surface area contributed by atoms with Crippen LogP contribution in [-0.2, 0) is 10.3 Å². The van der Waals surface area contributed by atoms with E-state index in [0.29, 0.717) is 6.42 Å². The Kier molecular flexibility index (Phi) is 2.97. The van der Waals surface area contributed by atoms with Crippen molar-refractivity contribution in [1.29, 1.82) is 0 Å². The Labute approximate surface area is 95.5 Å². The highest BCUT2D eigenvalue weighted by atomic mass is 16.3. The predicted octanol–water partition coefficient (Wildman–Crippen LogP) is 1.95. The first-order chi connectivity index (χ1) is 7.69. The summed E-state index contributed by atoms with van der Waals surface area (Å²) < 4.78 is 0. The fourth-order valence-corrected chi connectivity index (χ4v) is 2.51. The summed E-state index contributed by atoms with van der Waals surface area (Å²) in [5, 5.41) is 12.7. The van der Waals surface area contributed by atoms with Crippen molar-refractivity contribution in [3.05, 3.63) is 29.8 Å². The molecule has 0 heterocycles. The molecule has 0 unspecified atom stereocenters. The molecule has 1 atom stereocenters. The Morgan fingerprint density at radius 1 is 1.38 bits per heavy atom. The number of hydrogen-bond donors (Lipinski definition) is 2. The lowest BCUT2D eigenvalue weighted by Crippen LogP contribution is -2.49. The van der Waals surface area contributed by atoms with E-state index >= 15 is 0 Å². The van der Waals surface area contributed by atoms with E-state index < -0.39 is 5.54 Å². The zero-order chi connectivity index (χ0) is 11.6. The molecule has 1 aromatic carbocycles. The zero-order valence-electron chi connectivity index (χ0n) is 9.49. The van der Waals surface area contributed by atoms with Crippen LogP contribution in [0.4, 0.5) is 0 Å². The van der Waals surface area contributed by atoms with E-state index in [2.05, 4.69) is 5.32 Å². The number of hydrogen-bond acceptors (Lipinski definition) is 3. The summed E-state index contributed by atoms with van der Waals surface area (Å²) in [6.07, 6.45) is 3.45. The maximum atomic E-state index is 12.1. The van der Waals surface area contributed by atoms with Gasteiger partial charge in [0.1, 0.15) is 11.3 Å². The minimum atomic E-state index is -0.586. The lowest BCUT2D eigenvalue weighted by Gasteiger charge is -2.36. The predicted molar refractivity (Wildman–Crippen MR) is 62.3 cm³/mol. The first-order valence-corrected chi connectivity index (χ1v) is 5.71. The highest BCUT2D eigenvalue weighted by Gasteiger charge is 2.39. The third-order valence-corrected chi connectivity index (χ3v) is 3.45. The summed E-state index contributed by atoms with van der Waals surface area (Å²) in [6, 6.07) is 6.99. The Morgan fingerprint density at radius 3 is 2.81 bits per heavy atom. The van der Waals surface area contributed by atoms with E-state index in [0.717, 1.165) is 24.8 Å². The van der Waals surface area contributed by atoms with Crippen LogP contribution in [-0.4, -0.2) is 17.9 Å². The molecule has 2 rings (SSSR count). The Bertz CT molecular complexity index is 403. The molecule has 0 radical (unpaired) electrons. The summed E-state index contributed by atoms with van der Waals surface area (Å²) in [7, 11) is 1.81. The van der Waals surface area contributed by atoms with E-state index in [4.69, 9.17) is 0 Å². The van der Waals surface area contributed by atoms with Crippen molar-refractivity contribution in [3.63, 3.8) is 0 Å². The van der Waals surface area contributed by atoms with Crippen LogP contribution >= 0.6 is 0 Å². The molecule has 0 aromatic heterocycles. The van der Waals surface area contributed by atoms with Gasteiger partial charge in [-0.05, 0) is 37.6 Å². The van der Waals surface area contributed by atoms with Gasteiger partial charge in [0.15, 0.2) is 5.78 Å². The van der Waals surface area contributed by atoms with Gasteiger partial charge in [0.05, 0.1) is 0 Å². The van der Waals surface area contributed by atoms with Crippen molar-refractivity contribution in [3.8, 4) is 5.75 Å². The second-order valence-corrected chi connectivity index (χ2v) is 4.34. The molecule has 3 heteroatoms. The van der Waals surface area contributed by atoms with Crippen molar-refractivity contribution < 1.29 is 9.90 Å². The topological polar surface area (TPSA) is 49.3 Å². The van der Waals surface area contributed by atoms with Crippen molar-refractivity contribution >= 4 is 5.78 Å². The molecule has 16 heavy (non-hydrogen) atoms. The maximum Gasteiger partial charge on any atom is 0.157 e. The summed E-state index contributed by atoms with van der Waals surface area (Å²) in [5.41, 5.74) is 0.288. The third kappa shape index (κ3) is 1.71. The fraction of sp³-hybridized carbons (Fsp3) is 0.462. The minimum Gasteiger partial charge on any atom is -0.508 e. The number of likely N-dealkylation sites (N-methyl/N-ethyl adjacent to an activating group) is 1. The van der Waals surface area contributed by atoms with Gasteiger partial charge in [0, 0.05) is 6.42 Å². The van der Waals surface area contributed by atoms with Crippen LogP contribution in [0.15, 0.2) is 24.3 Å². The number of aromatic hydroxyl groups is 1. The zero-order valence-corrected chi connectivity index (χ0v) is 9.49. The molecule has 0 spiro atoms. The Hall–Kier alpha value is -1.35. The molecular weight excluding hydrogens is 202 g/mol. The second kappa shape index (κ2) is 4.26. The first kappa shape index (κ1) is 11.1. The van der Waals surface area contributed by atoms with Crippen LogP contribution in [0.25, 0.3) is 0 Å². The van der Waals surface area contributed by atoms with Crippen LogP contribution in [0.5, 0.6) is 5.75 Å². The van der Waals surface area contributed by atoms with Gasteiger partial charge in [-0.1, -0.05) is 18.6 Å². The van der Waals surface area contributed by atoms with Crippen LogP contribution in [0.1, 0.15) is 31.2 Å². The Morgan fingerprint density at radius 2 is 2.19 bits per heavy atom. The molecule has 1 saturated carbocycles. The summed E-state index contributed by atoms with van der Waals surface area (Å²) >= 11 is 0. The second-order valence-electron chi connectivity index (χ2n) is 4.34. The molecular formula is C13H17NO2. The van der Waals surface area contributed by atoms with Gasteiger partial charge in [-0.25, -0.2) is 0 Å². The number of nitrogens with one attached hydrogen (secondary N) is 1. The standard InChI is InChI=1S/C13H17NO2/c1-14-13(8-3-2-7-12(13)16)10-5-4-6-11(15)9-10/h4-6,9,14-15H,2-3,7-8H2,1H3/t13-/m1/s1. The first-order valence-electron chi connectivity index (χ1n) is 5.71. The number of phenolic OH excluding ortho intramolecular Hbond substituents is 1. The molecule has 1 aromatic rings. The van der Waals surface area contributed by atoms with Crippen LogP contribution in [0.3, 0.4) is 0 Å². The highest BCUT2D eigenvalue weighted by Crippen LogP contribution is 2.35. The van der Waals surface area contributed by atoms with E-state index in [1.165, 1.54) is 0 Å². The van der Waals surface area contributed by atoms with Crippen molar-refractivity contribution in [2.45, 2.75) is 31.2 Å². The Balaban J connectivity index is 2.44. The van der Waals surface area contributed by atoms with Gasteiger partial charge in [-0.3, -0.25) is 4.79 Å². The van der Waals surface area contributed by atoms with Crippen LogP contribution in [0.2, 0.25) is 0 Å². The van der Waals surface area contributed by atoms with E-state index in [9.17, 15) is 9.90 Å². The van der Waals surface area contributed by atoms with Gasteiger partial charge in [-0.2, -0.15) is 0 Å². The monoisotopic (exact) mass is 219 g/mol. The molecule has 0 aliphatic heterocycles. The van der Waals surface area contributed by atoms with Gasteiger partial charge in [-0.15, -0.1) is 0 Å². The van der Waals surface area contributed by atoms with E-state index in [-0.39, 0.29) is 11.5 Å². The lowest BCUT2D eigenvalue weighted by molar-refractivity contribution is -0.127. The molecule has 86 valence electrons. The summed E-state index contributed by atoms with van der Waals surface area (Å²) in [4.78, 5) is 12.1. The number of carbonyl (C=O) groups is 1. The molecule has 1 fully saturated rings. The number of phenols is 1. The molecule has 1 aliphatic carbocycles. The number of benzene rings is 1. The average molecular weight is 219 g/mol. The van der Waals surface area contributed by atoms with Crippen LogP contribution < -0.4 is 5.32 Å². The number of Topliss-reactive ketones (excluding diaryl/α,β-unsaturated/α-hetero) is 1. The van der Waals surface area contributed by atoms with Crippen molar-refractivity contribution in [2.24, 2.45) is 0 Å². The number of ketones is 1. The van der Waals surface area contributed by atoms with Gasteiger partial charge >= 0.3 is 0 Å². The van der Waals surface area contributed by atoms with E-state index in [1.54, 1.807) is 18.2 Å². The lowest BCUT2D eigenvalue weighted by atomic mass is 9.75. The fourth-order valence-electron chi connectivity index (χ4n) is 2.51. The van der Waals surface area contributed by atoms with Crippen molar-refractivity contribution in [1.82, 2.24) is 5.32 Å². The van der Waals surface area contributed by atoms with E-state index in [1.807, 2.05) is 13.1 Å². The molecule has 1 aliphatic rings. The smallest absolute Gasteiger partial charge is 0.157 e. The minimum absolute atomic E-state index is 0.213. The normalized spacial score (nSPS) is 25.7. The average Bonchev–Trinajstić information content (AvgIpc) is 2.30. The van der Waals surface area contributed by atoms with Gasteiger partial charge in [0.2, 0.25) is 0 Å². The molecule has 3 nitrogen and oxygen atoms in total. The molecule has 0 bridgehead atoms. The highest BCUT2D eigenvalue weighted by molar-refractivity contribution is 5.90. The maximum absolute atomic E-state index is 12.1. The molecule has 0 amide bonds. The van der Waals surface area contributed by atoms with Crippen LogP contribution in [0, 0.1) is 0 Å². The van der Waals surface area contributed by atoms with Gasteiger partial charge in [0.25, 0.3) is 0 Å². The largest absolute Gasteiger partial charge is 0.508 e. The third-order valence-electron chi connectivity index (χ3n) is 3.45. The molecule has 0 saturated heterocycles.